The van der Waals surface area contributed by atoms with E-state index in [-0.39, 0.29) is 0 Å². The third-order valence-electron chi connectivity index (χ3n) is 5.27. The van der Waals surface area contributed by atoms with Gasteiger partial charge in [-0.15, -0.1) is 10.2 Å². The maximum absolute atomic E-state index is 5.38. The summed E-state index contributed by atoms with van der Waals surface area (Å²) in [5.41, 5.74) is 1.07. The first-order valence-electron chi connectivity index (χ1n) is 10.9. The quantitative estimate of drug-likeness (QED) is 0.373. The van der Waals surface area contributed by atoms with E-state index in [0.717, 1.165) is 73.6 Å². The molecule has 3 rings (SSSR count). The van der Waals surface area contributed by atoms with Crippen LogP contribution in [0.4, 0.5) is 0 Å². The Morgan fingerprint density at radius 3 is 2.77 bits per heavy atom. The van der Waals surface area contributed by atoms with Crippen LogP contribution >= 0.6 is 0 Å². The van der Waals surface area contributed by atoms with Crippen LogP contribution in [0.3, 0.4) is 0 Å². The van der Waals surface area contributed by atoms with Crippen LogP contribution in [0.2, 0.25) is 0 Å². The Balaban J connectivity index is 1.51. The van der Waals surface area contributed by atoms with Crippen LogP contribution in [-0.2, 0) is 25.9 Å². The van der Waals surface area contributed by atoms with Gasteiger partial charge in [-0.05, 0) is 43.9 Å². The van der Waals surface area contributed by atoms with Crippen LogP contribution in [0.1, 0.15) is 49.8 Å². The fourth-order valence-corrected chi connectivity index (χ4v) is 3.67. The fourth-order valence-electron chi connectivity index (χ4n) is 3.67. The molecular formula is C22H34N6O2. The van der Waals surface area contributed by atoms with Crippen molar-refractivity contribution in [2.45, 2.75) is 58.5 Å². The molecule has 2 aromatic rings. The maximum Gasteiger partial charge on any atom is 0.191 e. The zero-order chi connectivity index (χ0) is 21.2. The van der Waals surface area contributed by atoms with Crippen LogP contribution in [-0.4, -0.2) is 48.0 Å². The molecule has 2 heterocycles. The van der Waals surface area contributed by atoms with E-state index in [0.29, 0.717) is 6.54 Å². The number of methoxy groups -OCH3 is 2. The number of nitrogens with one attached hydrogen (secondary N) is 2. The number of aryl methyl sites for hydroxylation is 2. The summed E-state index contributed by atoms with van der Waals surface area (Å²) >= 11 is 0. The van der Waals surface area contributed by atoms with E-state index >= 15 is 0 Å². The minimum Gasteiger partial charge on any atom is -0.493 e. The molecule has 0 saturated heterocycles. The third-order valence-corrected chi connectivity index (χ3v) is 5.27. The molecule has 1 aromatic heterocycles. The molecule has 0 aliphatic carbocycles. The molecule has 0 atom stereocenters. The van der Waals surface area contributed by atoms with Gasteiger partial charge in [0.05, 0.1) is 20.8 Å². The Hall–Kier alpha value is -2.77. The SMILES string of the molecule is CCNC(=NCc1ccc(OC)c(OC)c1)NCCCc1nnc2n1CCCCC2. The zero-order valence-electron chi connectivity index (χ0n) is 18.4. The van der Waals surface area contributed by atoms with Crippen LogP contribution in [0, 0.1) is 0 Å². The minimum atomic E-state index is 0.563. The third kappa shape index (κ3) is 5.87. The molecule has 164 valence electrons. The van der Waals surface area contributed by atoms with E-state index in [1.54, 1.807) is 14.2 Å². The number of aliphatic imine (C=N–C) groups is 1. The normalized spacial score (nSPS) is 14.0. The van der Waals surface area contributed by atoms with E-state index in [2.05, 4.69) is 32.3 Å². The lowest BCUT2D eigenvalue weighted by molar-refractivity contribution is 0.354. The second-order valence-electron chi connectivity index (χ2n) is 7.41. The van der Waals surface area contributed by atoms with Crippen molar-refractivity contribution >= 4 is 5.96 Å². The predicted octanol–water partition coefficient (Wildman–Crippen LogP) is 2.71. The van der Waals surface area contributed by atoms with Gasteiger partial charge >= 0.3 is 0 Å². The number of guanidine groups is 1. The Labute approximate surface area is 179 Å². The summed E-state index contributed by atoms with van der Waals surface area (Å²) in [6.45, 7) is 5.34. The summed E-state index contributed by atoms with van der Waals surface area (Å²) in [5.74, 6) is 4.52. The van der Waals surface area contributed by atoms with Crippen molar-refractivity contribution in [2.75, 3.05) is 27.3 Å². The van der Waals surface area contributed by atoms with Crippen LogP contribution in [0.15, 0.2) is 23.2 Å². The van der Waals surface area contributed by atoms with Crippen molar-refractivity contribution in [3.8, 4) is 11.5 Å². The van der Waals surface area contributed by atoms with Gasteiger partial charge in [0.15, 0.2) is 17.5 Å². The fraction of sp³-hybridized carbons (Fsp3) is 0.591. The summed E-state index contributed by atoms with van der Waals surface area (Å²) in [6.07, 6.45) is 6.70. The molecule has 2 N–H and O–H groups in total. The molecule has 0 spiro atoms. The lowest BCUT2D eigenvalue weighted by Crippen LogP contribution is -2.37. The molecule has 30 heavy (non-hydrogen) atoms. The van der Waals surface area contributed by atoms with E-state index in [4.69, 9.17) is 14.5 Å². The number of benzene rings is 1. The lowest BCUT2D eigenvalue weighted by Gasteiger charge is -2.12. The molecule has 0 fully saturated rings. The van der Waals surface area contributed by atoms with Crippen molar-refractivity contribution in [2.24, 2.45) is 4.99 Å². The summed E-state index contributed by atoms with van der Waals surface area (Å²) in [7, 11) is 3.28. The summed E-state index contributed by atoms with van der Waals surface area (Å²) in [6, 6.07) is 5.87. The van der Waals surface area contributed by atoms with Gasteiger partial charge in [-0.2, -0.15) is 0 Å². The largest absolute Gasteiger partial charge is 0.493 e. The van der Waals surface area contributed by atoms with Gasteiger partial charge in [-0.25, -0.2) is 4.99 Å². The highest BCUT2D eigenvalue weighted by molar-refractivity contribution is 5.79. The molecule has 0 unspecified atom stereocenters. The number of nitrogens with zero attached hydrogens (tertiary/aromatic N) is 4. The topological polar surface area (TPSA) is 85.6 Å². The molecule has 1 aliphatic heterocycles. The minimum absolute atomic E-state index is 0.563. The van der Waals surface area contributed by atoms with Crippen molar-refractivity contribution < 1.29 is 9.47 Å². The average Bonchev–Trinajstić information content (AvgIpc) is 3.00. The lowest BCUT2D eigenvalue weighted by atomic mass is 10.2. The van der Waals surface area contributed by atoms with Crippen LogP contribution in [0.5, 0.6) is 11.5 Å². The second-order valence-corrected chi connectivity index (χ2v) is 7.41. The molecule has 0 amide bonds. The van der Waals surface area contributed by atoms with Gasteiger partial charge in [0.25, 0.3) is 0 Å². The van der Waals surface area contributed by atoms with E-state index in [9.17, 15) is 0 Å². The smallest absolute Gasteiger partial charge is 0.191 e. The highest BCUT2D eigenvalue weighted by Crippen LogP contribution is 2.27. The second kappa shape index (κ2) is 11.4. The van der Waals surface area contributed by atoms with E-state index in [1.807, 2.05) is 18.2 Å². The van der Waals surface area contributed by atoms with Gasteiger partial charge in [-0.1, -0.05) is 12.5 Å². The van der Waals surface area contributed by atoms with E-state index < -0.39 is 0 Å². The molecule has 8 heteroatoms. The molecule has 1 aromatic carbocycles. The van der Waals surface area contributed by atoms with Crippen molar-refractivity contribution in [1.82, 2.24) is 25.4 Å². The van der Waals surface area contributed by atoms with Crippen molar-refractivity contribution in [3.63, 3.8) is 0 Å². The summed E-state index contributed by atoms with van der Waals surface area (Å²) in [5, 5.41) is 15.5. The molecule has 0 saturated carbocycles. The Morgan fingerprint density at radius 2 is 1.97 bits per heavy atom. The predicted molar refractivity (Wildman–Crippen MR) is 118 cm³/mol. The molecule has 0 radical (unpaired) electrons. The molecular weight excluding hydrogens is 380 g/mol. The van der Waals surface area contributed by atoms with Gasteiger partial charge in [0, 0.05) is 32.5 Å². The first-order valence-corrected chi connectivity index (χ1v) is 10.9. The zero-order valence-corrected chi connectivity index (χ0v) is 18.4. The Morgan fingerprint density at radius 1 is 1.10 bits per heavy atom. The number of aromatic nitrogens is 3. The van der Waals surface area contributed by atoms with Gasteiger partial charge in [0.1, 0.15) is 11.6 Å². The van der Waals surface area contributed by atoms with Gasteiger partial charge < -0.3 is 24.7 Å². The Kier molecular flexibility index (Phi) is 8.35. The number of hydrogen-bond donors (Lipinski definition) is 2. The highest BCUT2D eigenvalue weighted by atomic mass is 16.5. The number of fused-ring (bicyclic) bond motifs is 1. The van der Waals surface area contributed by atoms with Crippen molar-refractivity contribution in [1.29, 1.82) is 0 Å². The maximum atomic E-state index is 5.38. The number of ether oxygens (including phenoxy) is 2. The number of rotatable bonds is 9. The van der Waals surface area contributed by atoms with Crippen molar-refractivity contribution in [3.05, 3.63) is 35.4 Å². The number of hydrogen-bond acceptors (Lipinski definition) is 5. The first kappa shape index (κ1) is 21.9. The molecule has 1 aliphatic rings. The monoisotopic (exact) mass is 414 g/mol. The molecule has 0 bridgehead atoms. The Bertz CT molecular complexity index is 833. The standard InChI is InChI=1S/C22H34N6O2/c1-4-23-22(25-16-17-11-12-18(29-2)19(15-17)30-3)24-13-8-10-21-27-26-20-9-6-5-7-14-28(20)21/h11-12,15H,4-10,13-14,16H2,1-3H3,(H2,23,24,25). The summed E-state index contributed by atoms with van der Waals surface area (Å²) < 4.78 is 13.0. The molecule has 8 nitrogen and oxygen atoms in total. The highest BCUT2D eigenvalue weighted by Gasteiger charge is 2.14. The van der Waals surface area contributed by atoms with Gasteiger partial charge in [0.2, 0.25) is 0 Å². The average molecular weight is 415 g/mol. The van der Waals surface area contributed by atoms with Crippen LogP contribution in [0.25, 0.3) is 0 Å². The summed E-state index contributed by atoms with van der Waals surface area (Å²) in [4.78, 5) is 4.70. The van der Waals surface area contributed by atoms with Crippen LogP contribution < -0.4 is 20.1 Å². The van der Waals surface area contributed by atoms with E-state index in [1.165, 1.54) is 19.3 Å². The first-order chi connectivity index (χ1) is 14.7. The van der Waals surface area contributed by atoms with Gasteiger partial charge in [-0.3, -0.25) is 0 Å².